The zero-order valence-corrected chi connectivity index (χ0v) is 14.6. The average molecular weight is 354 g/mol. The van der Waals surface area contributed by atoms with Gasteiger partial charge in [0.05, 0.1) is 5.92 Å². The molecular formula is C16H22N2O7. The van der Waals surface area contributed by atoms with Crippen LogP contribution in [0.3, 0.4) is 0 Å². The summed E-state index contributed by atoms with van der Waals surface area (Å²) < 4.78 is 24.1. The number of hydrogen-bond acceptors (Lipinski definition) is 7. The quantitative estimate of drug-likeness (QED) is 0.767. The number of nitrogens with one attached hydrogen (secondary N) is 1. The van der Waals surface area contributed by atoms with Gasteiger partial charge < -0.3 is 18.9 Å². The number of H-pyrrole nitrogens is 1. The van der Waals surface area contributed by atoms with Crippen LogP contribution in [0, 0.1) is 5.92 Å². The van der Waals surface area contributed by atoms with E-state index in [4.69, 9.17) is 18.9 Å². The van der Waals surface area contributed by atoms with Crippen LogP contribution in [0.1, 0.15) is 33.9 Å². The van der Waals surface area contributed by atoms with Crippen LogP contribution < -0.4 is 11.2 Å². The van der Waals surface area contributed by atoms with E-state index in [1.54, 1.807) is 27.7 Å². The Bertz CT molecular complexity index is 766. The van der Waals surface area contributed by atoms with Crippen molar-refractivity contribution in [3.05, 3.63) is 33.1 Å². The van der Waals surface area contributed by atoms with Crippen LogP contribution in [-0.4, -0.2) is 46.2 Å². The summed E-state index contributed by atoms with van der Waals surface area (Å²) in [6.07, 6.45) is -1.10. The van der Waals surface area contributed by atoms with Gasteiger partial charge in [-0.2, -0.15) is 0 Å². The predicted octanol–water partition coefficient (Wildman–Crippen LogP) is 0.153. The highest BCUT2D eigenvalue weighted by Crippen LogP contribution is 2.42. The van der Waals surface area contributed by atoms with Crippen molar-refractivity contribution in [1.29, 1.82) is 0 Å². The summed E-state index contributed by atoms with van der Waals surface area (Å²) in [6, 6.07) is 1.23. The summed E-state index contributed by atoms with van der Waals surface area (Å²) in [5, 5.41) is 0. The van der Waals surface area contributed by atoms with E-state index in [0.29, 0.717) is 0 Å². The second-order valence-electron chi connectivity index (χ2n) is 6.93. The molecule has 2 aliphatic heterocycles. The van der Waals surface area contributed by atoms with Gasteiger partial charge in [0.15, 0.2) is 12.0 Å². The number of hydrogen-bond donors (Lipinski definition) is 1. The maximum Gasteiger partial charge on any atom is 0.330 e. The SMILES string of the molecule is CC(C)C(=O)OC[C@H]1O[C@@H](n2ccc(=O)[nH]c2=O)[C@@H]2OC(C)(C)O[C@@H]21. The second-order valence-corrected chi connectivity index (χ2v) is 6.93. The normalized spacial score (nSPS) is 30.4. The van der Waals surface area contributed by atoms with Crippen LogP contribution in [0.15, 0.2) is 21.9 Å². The van der Waals surface area contributed by atoms with Crippen molar-refractivity contribution in [2.45, 2.75) is 58.0 Å². The molecule has 2 fully saturated rings. The third-order valence-electron chi connectivity index (χ3n) is 4.11. The molecule has 4 atom stereocenters. The molecule has 2 saturated heterocycles. The third kappa shape index (κ3) is 3.53. The lowest BCUT2D eigenvalue weighted by molar-refractivity contribution is -0.203. The van der Waals surface area contributed by atoms with E-state index in [1.165, 1.54) is 16.8 Å². The van der Waals surface area contributed by atoms with Crippen molar-refractivity contribution < 1.29 is 23.7 Å². The van der Waals surface area contributed by atoms with Gasteiger partial charge in [-0.25, -0.2) is 4.79 Å². The lowest BCUT2D eigenvalue weighted by Crippen LogP contribution is -2.37. The molecule has 138 valence electrons. The first-order valence-corrected chi connectivity index (χ1v) is 8.17. The fraction of sp³-hybridized carbons (Fsp3) is 0.688. The van der Waals surface area contributed by atoms with E-state index >= 15 is 0 Å². The second kappa shape index (κ2) is 6.40. The number of nitrogens with zero attached hydrogens (tertiary/aromatic N) is 1. The van der Waals surface area contributed by atoms with Crippen molar-refractivity contribution in [3.8, 4) is 0 Å². The highest BCUT2D eigenvalue weighted by molar-refractivity contribution is 5.71. The van der Waals surface area contributed by atoms with Gasteiger partial charge in [0.25, 0.3) is 5.56 Å². The Labute approximate surface area is 143 Å². The molecule has 0 amide bonds. The number of rotatable bonds is 4. The number of carbonyl (C=O) groups is 1. The topological polar surface area (TPSA) is 109 Å². The zero-order chi connectivity index (χ0) is 18.4. The highest BCUT2D eigenvalue weighted by atomic mass is 16.8. The molecule has 0 unspecified atom stereocenters. The van der Waals surface area contributed by atoms with Gasteiger partial charge in [0, 0.05) is 12.3 Å². The van der Waals surface area contributed by atoms with Gasteiger partial charge >= 0.3 is 11.7 Å². The van der Waals surface area contributed by atoms with Crippen LogP contribution in [0.5, 0.6) is 0 Å². The van der Waals surface area contributed by atoms with E-state index in [1.807, 2.05) is 0 Å². The van der Waals surface area contributed by atoms with Gasteiger partial charge in [0.2, 0.25) is 0 Å². The van der Waals surface area contributed by atoms with Crippen molar-refractivity contribution in [2.24, 2.45) is 5.92 Å². The molecule has 0 saturated carbocycles. The summed E-state index contributed by atoms with van der Waals surface area (Å²) >= 11 is 0. The lowest BCUT2D eigenvalue weighted by atomic mass is 10.1. The van der Waals surface area contributed by atoms with Crippen LogP contribution >= 0.6 is 0 Å². The van der Waals surface area contributed by atoms with E-state index in [9.17, 15) is 14.4 Å². The Morgan fingerprint density at radius 2 is 2.00 bits per heavy atom. The monoisotopic (exact) mass is 354 g/mol. The van der Waals surface area contributed by atoms with Gasteiger partial charge in [-0.1, -0.05) is 13.8 Å². The first-order valence-electron chi connectivity index (χ1n) is 8.17. The number of esters is 1. The van der Waals surface area contributed by atoms with Gasteiger partial charge in [-0.3, -0.25) is 19.1 Å². The molecule has 0 bridgehead atoms. The molecule has 0 spiro atoms. The summed E-state index contributed by atoms with van der Waals surface area (Å²) in [6.45, 7) is 6.99. The summed E-state index contributed by atoms with van der Waals surface area (Å²) in [5.41, 5.74) is -1.11. The first kappa shape index (κ1) is 17.8. The summed E-state index contributed by atoms with van der Waals surface area (Å²) in [7, 11) is 0. The van der Waals surface area contributed by atoms with E-state index in [0.717, 1.165) is 0 Å². The van der Waals surface area contributed by atoms with Crippen molar-refractivity contribution in [1.82, 2.24) is 9.55 Å². The minimum atomic E-state index is -0.858. The molecule has 3 heterocycles. The molecular weight excluding hydrogens is 332 g/mol. The van der Waals surface area contributed by atoms with Crippen LogP contribution in [-0.2, 0) is 23.7 Å². The maximum absolute atomic E-state index is 12.1. The van der Waals surface area contributed by atoms with Crippen LogP contribution in [0.2, 0.25) is 0 Å². The molecule has 1 N–H and O–H groups in total. The Kier molecular flexibility index (Phi) is 4.56. The smallest absolute Gasteiger partial charge is 0.330 e. The minimum absolute atomic E-state index is 0.00771. The molecule has 0 aliphatic carbocycles. The van der Waals surface area contributed by atoms with E-state index in [-0.39, 0.29) is 18.5 Å². The Morgan fingerprint density at radius 3 is 2.64 bits per heavy atom. The molecule has 25 heavy (non-hydrogen) atoms. The number of carbonyl (C=O) groups excluding carboxylic acids is 1. The third-order valence-corrected chi connectivity index (χ3v) is 4.11. The number of ether oxygens (including phenoxy) is 4. The summed E-state index contributed by atoms with van der Waals surface area (Å²) in [4.78, 5) is 37.3. The maximum atomic E-state index is 12.1. The first-order chi connectivity index (χ1) is 11.7. The Hall–Kier alpha value is -1.97. The Balaban J connectivity index is 1.84. The summed E-state index contributed by atoms with van der Waals surface area (Å²) in [5.74, 6) is -1.46. The molecule has 9 heteroatoms. The zero-order valence-electron chi connectivity index (χ0n) is 14.6. The number of fused-ring (bicyclic) bond motifs is 1. The fourth-order valence-electron chi connectivity index (χ4n) is 2.98. The van der Waals surface area contributed by atoms with Crippen molar-refractivity contribution in [2.75, 3.05) is 6.61 Å². The van der Waals surface area contributed by atoms with Crippen molar-refractivity contribution in [3.63, 3.8) is 0 Å². The molecule has 9 nitrogen and oxygen atoms in total. The highest BCUT2D eigenvalue weighted by Gasteiger charge is 2.56. The van der Waals surface area contributed by atoms with Gasteiger partial charge in [-0.15, -0.1) is 0 Å². The van der Waals surface area contributed by atoms with Crippen LogP contribution in [0.4, 0.5) is 0 Å². The molecule has 0 aromatic carbocycles. The van der Waals surface area contributed by atoms with Gasteiger partial charge in [0.1, 0.15) is 24.9 Å². The molecule has 3 rings (SSSR count). The average Bonchev–Trinajstić information content (AvgIpc) is 2.98. The molecule has 0 radical (unpaired) electrons. The lowest BCUT2D eigenvalue weighted by Gasteiger charge is -2.24. The molecule has 1 aromatic heterocycles. The standard InChI is InChI=1S/C16H22N2O7/c1-8(2)14(20)22-7-9-11-12(25-16(3,4)24-11)13(23-9)18-6-5-10(19)17-15(18)21/h5-6,8-9,11-13H,7H2,1-4H3,(H,17,19,21)/t9-,11-,12-,13-/m1/s1. The Morgan fingerprint density at radius 1 is 1.32 bits per heavy atom. The van der Waals surface area contributed by atoms with E-state index < -0.39 is 41.6 Å². The molecule has 2 aliphatic rings. The van der Waals surface area contributed by atoms with Crippen molar-refractivity contribution >= 4 is 5.97 Å². The largest absolute Gasteiger partial charge is 0.463 e. The fourth-order valence-corrected chi connectivity index (χ4v) is 2.98. The number of aromatic amines is 1. The van der Waals surface area contributed by atoms with Crippen LogP contribution in [0.25, 0.3) is 0 Å². The number of aromatic nitrogens is 2. The molecule has 1 aromatic rings. The van der Waals surface area contributed by atoms with E-state index in [2.05, 4.69) is 4.98 Å². The minimum Gasteiger partial charge on any atom is -0.463 e. The predicted molar refractivity (Wildman–Crippen MR) is 84.9 cm³/mol. The van der Waals surface area contributed by atoms with Gasteiger partial charge in [-0.05, 0) is 13.8 Å².